The summed E-state index contributed by atoms with van der Waals surface area (Å²) in [6.45, 7) is 1.55. The molecule has 1 aromatic rings. The first kappa shape index (κ1) is 16.5. The molecule has 2 N–H and O–H groups in total. The number of nitrogens with one attached hydrogen (secondary N) is 2. The van der Waals surface area contributed by atoms with Gasteiger partial charge in [-0.3, -0.25) is 4.79 Å². The fraction of sp³-hybridized carbons (Fsp3) is 0.500. The lowest BCUT2D eigenvalue weighted by atomic mass is 9.71. The number of benzene rings is 1. The SMILES string of the molecule is CC(NS(C)(=O)=O)C(=O)NC1(c2cccc(Br)c2)CCC1. The van der Waals surface area contributed by atoms with Gasteiger partial charge >= 0.3 is 0 Å². The van der Waals surface area contributed by atoms with Gasteiger partial charge < -0.3 is 5.32 Å². The normalized spacial score (nSPS) is 18.6. The average Bonchev–Trinajstić information content (AvgIpc) is 2.31. The van der Waals surface area contributed by atoms with Crippen LogP contribution in [0.1, 0.15) is 31.7 Å². The molecule has 7 heteroatoms. The highest BCUT2D eigenvalue weighted by Gasteiger charge is 2.41. The molecule has 1 unspecified atom stereocenters. The van der Waals surface area contributed by atoms with Gasteiger partial charge in [-0.25, -0.2) is 13.1 Å². The Labute approximate surface area is 133 Å². The second kappa shape index (κ2) is 6.06. The summed E-state index contributed by atoms with van der Waals surface area (Å²) < 4.78 is 25.7. The summed E-state index contributed by atoms with van der Waals surface area (Å²) in [6, 6.07) is 7.06. The molecule has 0 radical (unpaired) electrons. The molecule has 0 saturated heterocycles. The van der Waals surface area contributed by atoms with Gasteiger partial charge in [-0.05, 0) is 43.9 Å². The van der Waals surface area contributed by atoms with Crippen LogP contribution in [0.15, 0.2) is 28.7 Å². The maximum Gasteiger partial charge on any atom is 0.238 e. The number of carbonyl (C=O) groups excluding carboxylic acids is 1. The van der Waals surface area contributed by atoms with E-state index in [0.717, 1.165) is 35.6 Å². The Hall–Kier alpha value is -0.920. The van der Waals surface area contributed by atoms with Crippen molar-refractivity contribution in [2.75, 3.05) is 6.26 Å². The summed E-state index contributed by atoms with van der Waals surface area (Å²) in [5, 5.41) is 3.01. The van der Waals surface area contributed by atoms with E-state index in [4.69, 9.17) is 0 Å². The molecule has 5 nitrogen and oxygen atoms in total. The molecule has 1 aliphatic carbocycles. The third-order valence-electron chi connectivity index (χ3n) is 3.73. The standard InChI is InChI=1S/C14H19BrN2O3S/c1-10(17-21(2,19)20)13(18)16-14(7-4-8-14)11-5-3-6-12(15)9-11/h3,5-6,9-10,17H,4,7-8H2,1-2H3,(H,16,18). The van der Waals surface area contributed by atoms with E-state index in [1.54, 1.807) is 6.92 Å². The van der Waals surface area contributed by atoms with Gasteiger partial charge in [-0.1, -0.05) is 28.1 Å². The molecule has 0 spiro atoms. The second-order valence-corrected chi connectivity index (χ2v) is 8.24. The van der Waals surface area contributed by atoms with Gasteiger partial charge in [0, 0.05) is 4.47 Å². The van der Waals surface area contributed by atoms with Crippen LogP contribution in [0.3, 0.4) is 0 Å². The van der Waals surface area contributed by atoms with E-state index in [9.17, 15) is 13.2 Å². The van der Waals surface area contributed by atoms with Gasteiger partial charge in [0.1, 0.15) is 0 Å². The fourth-order valence-corrected chi connectivity index (χ4v) is 3.67. The summed E-state index contributed by atoms with van der Waals surface area (Å²) in [6.07, 6.45) is 3.81. The molecule has 1 atom stereocenters. The fourth-order valence-electron chi connectivity index (χ4n) is 2.52. The zero-order valence-corrected chi connectivity index (χ0v) is 14.4. The molecule has 0 aliphatic heterocycles. The molecule has 1 saturated carbocycles. The number of hydrogen-bond acceptors (Lipinski definition) is 3. The van der Waals surface area contributed by atoms with Crippen LogP contribution in [0, 0.1) is 0 Å². The molecule has 0 heterocycles. The molecule has 1 fully saturated rings. The van der Waals surface area contributed by atoms with E-state index in [1.165, 1.54) is 0 Å². The number of carbonyl (C=O) groups is 1. The number of rotatable bonds is 5. The average molecular weight is 375 g/mol. The Morgan fingerprint density at radius 2 is 2.05 bits per heavy atom. The molecule has 1 aromatic carbocycles. The van der Waals surface area contributed by atoms with Crippen molar-refractivity contribution < 1.29 is 13.2 Å². The predicted octanol–water partition coefficient (Wildman–Crippen LogP) is 1.88. The number of hydrogen-bond donors (Lipinski definition) is 2. The largest absolute Gasteiger partial charge is 0.345 e. The second-order valence-electron chi connectivity index (χ2n) is 5.55. The molecule has 1 aliphatic rings. The van der Waals surface area contributed by atoms with E-state index in [1.807, 2.05) is 24.3 Å². The highest BCUT2D eigenvalue weighted by Crippen LogP contribution is 2.41. The molecule has 116 valence electrons. The third-order valence-corrected chi connectivity index (χ3v) is 5.01. The Kier molecular flexibility index (Phi) is 4.75. The lowest BCUT2D eigenvalue weighted by Crippen LogP contribution is -2.56. The Morgan fingerprint density at radius 1 is 1.38 bits per heavy atom. The number of amides is 1. The van der Waals surface area contributed by atoms with Crippen molar-refractivity contribution in [3.8, 4) is 0 Å². The molecule has 0 bridgehead atoms. The highest BCUT2D eigenvalue weighted by molar-refractivity contribution is 9.10. The molecule has 1 amide bonds. The van der Waals surface area contributed by atoms with Crippen LogP contribution >= 0.6 is 15.9 Å². The smallest absolute Gasteiger partial charge is 0.238 e. The van der Waals surface area contributed by atoms with Gasteiger partial charge in [-0.15, -0.1) is 0 Å². The van der Waals surface area contributed by atoms with Crippen LogP contribution in [0.5, 0.6) is 0 Å². The van der Waals surface area contributed by atoms with Gasteiger partial charge in [-0.2, -0.15) is 0 Å². The number of halogens is 1. The van der Waals surface area contributed by atoms with Crippen molar-refractivity contribution in [1.82, 2.24) is 10.0 Å². The van der Waals surface area contributed by atoms with E-state index < -0.39 is 16.1 Å². The van der Waals surface area contributed by atoms with Gasteiger partial charge in [0.15, 0.2) is 0 Å². The van der Waals surface area contributed by atoms with Crippen LogP contribution in [0.4, 0.5) is 0 Å². The third kappa shape index (κ3) is 4.05. The van der Waals surface area contributed by atoms with Gasteiger partial charge in [0.25, 0.3) is 0 Å². The molecule has 0 aromatic heterocycles. The minimum absolute atomic E-state index is 0.305. The summed E-state index contributed by atoms with van der Waals surface area (Å²) in [5.41, 5.74) is 0.664. The minimum atomic E-state index is -3.40. The first-order chi connectivity index (χ1) is 9.72. The first-order valence-electron chi connectivity index (χ1n) is 6.77. The molecule has 2 rings (SSSR count). The van der Waals surface area contributed by atoms with Gasteiger partial charge in [0.05, 0.1) is 17.8 Å². The molecular formula is C14H19BrN2O3S. The van der Waals surface area contributed by atoms with Crippen LogP contribution in [0.2, 0.25) is 0 Å². The van der Waals surface area contributed by atoms with Crippen LogP contribution in [-0.2, 0) is 20.4 Å². The van der Waals surface area contributed by atoms with E-state index in [-0.39, 0.29) is 11.4 Å². The Morgan fingerprint density at radius 3 is 2.52 bits per heavy atom. The van der Waals surface area contributed by atoms with Crippen molar-refractivity contribution in [2.45, 2.75) is 37.8 Å². The lowest BCUT2D eigenvalue weighted by molar-refractivity contribution is -0.125. The van der Waals surface area contributed by atoms with Crippen molar-refractivity contribution in [1.29, 1.82) is 0 Å². The first-order valence-corrected chi connectivity index (χ1v) is 9.46. The summed E-state index contributed by atoms with van der Waals surface area (Å²) in [4.78, 5) is 12.2. The Bertz CT molecular complexity index is 641. The maximum absolute atomic E-state index is 12.2. The van der Waals surface area contributed by atoms with E-state index in [0.29, 0.717) is 0 Å². The van der Waals surface area contributed by atoms with Gasteiger partial charge in [0.2, 0.25) is 15.9 Å². The highest BCUT2D eigenvalue weighted by atomic mass is 79.9. The molecule has 21 heavy (non-hydrogen) atoms. The van der Waals surface area contributed by atoms with Crippen LogP contribution in [-0.4, -0.2) is 26.6 Å². The monoisotopic (exact) mass is 374 g/mol. The minimum Gasteiger partial charge on any atom is -0.345 e. The molecular weight excluding hydrogens is 356 g/mol. The topological polar surface area (TPSA) is 75.3 Å². The van der Waals surface area contributed by atoms with Crippen molar-refractivity contribution in [2.24, 2.45) is 0 Å². The van der Waals surface area contributed by atoms with E-state index in [2.05, 4.69) is 26.0 Å². The maximum atomic E-state index is 12.2. The summed E-state index contributed by atoms with van der Waals surface area (Å²) in [7, 11) is -3.40. The van der Waals surface area contributed by atoms with Crippen LogP contribution < -0.4 is 10.0 Å². The Balaban J connectivity index is 2.14. The number of sulfonamides is 1. The van der Waals surface area contributed by atoms with E-state index >= 15 is 0 Å². The summed E-state index contributed by atoms with van der Waals surface area (Å²) in [5.74, 6) is -0.305. The quantitative estimate of drug-likeness (QED) is 0.825. The van der Waals surface area contributed by atoms with Crippen molar-refractivity contribution in [3.05, 3.63) is 34.3 Å². The lowest BCUT2D eigenvalue weighted by Gasteiger charge is -2.43. The van der Waals surface area contributed by atoms with Crippen LogP contribution in [0.25, 0.3) is 0 Å². The zero-order valence-electron chi connectivity index (χ0n) is 12.0. The van der Waals surface area contributed by atoms with Crippen molar-refractivity contribution in [3.63, 3.8) is 0 Å². The van der Waals surface area contributed by atoms with Crippen molar-refractivity contribution >= 4 is 31.9 Å². The summed E-state index contributed by atoms with van der Waals surface area (Å²) >= 11 is 3.44. The zero-order chi connectivity index (χ0) is 15.7. The predicted molar refractivity (Wildman–Crippen MR) is 85.3 cm³/mol.